The van der Waals surface area contributed by atoms with Crippen molar-refractivity contribution in [1.29, 1.82) is 0 Å². The number of hydrogen-bond donors (Lipinski definition) is 23. The van der Waals surface area contributed by atoms with Crippen LogP contribution >= 0.6 is 0 Å². The number of aliphatic hydroxyl groups excluding tert-OH is 20. The van der Waals surface area contributed by atoms with Crippen molar-refractivity contribution in [2.45, 2.75) is 236 Å². The zero-order valence-electron chi connectivity index (χ0n) is 46.6. The maximum atomic E-state index is 12.6. The van der Waals surface area contributed by atoms with Gasteiger partial charge < -0.3 is 180 Å². The topological polar surface area (TPSA) is 612 Å². The van der Waals surface area contributed by atoms with E-state index in [-0.39, 0.29) is 0 Å². The monoisotopic (exact) mass is 1280 g/mol. The highest BCUT2D eigenvalue weighted by atomic mass is 16.8. The standard InChI is InChI=1S/C48H81N3O36/c1-11(57)49-21-30(66)24(60)14(4-52)78-43(21)75-9-19-28(64)35(71)40(86-44-22(50-12(2)58)31(67)25(61)15(5-53)79-44)47(83-19)76-10-20-29(65)39(37(73)42(74)77-20)85-48-41(34(70)27(63)17(7-55)81-48)87-45-23(51-13(3)59)32(68)38(18(8-56)82-45)84-46-36(72)33(69)26(62)16(6-54)80-46/h14-48,52-56,60-74H,4-10H2,1-3H3,(H,49,57)(H,50,58)(H,51,59)/t14-,15-,16-,17-,18-,19-,20-,21-,22-,23-,24-,25-,26+,27-,28-,29-,30-,31-,32-,33+,34+,35+,36-,37+,38-,39+,40+,41+,42-,43-,44+,45+,46+,47+,48-/m1/s1. The van der Waals surface area contributed by atoms with Crippen LogP contribution < -0.4 is 16.0 Å². The lowest BCUT2D eigenvalue weighted by atomic mass is 9.94. The van der Waals surface area contributed by atoms with Gasteiger partial charge in [-0.05, 0) is 0 Å². The molecule has 7 fully saturated rings. The van der Waals surface area contributed by atoms with Crippen LogP contribution in [0.15, 0.2) is 0 Å². The van der Waals surface area contributed by atoms with Crippen LogP contribution in [0.3, 0.4) is 0 Å². The summed E-state index contributed by atoms with van der Waals surface area (Å²) in [6.45, 7) is -3.62. The number of ether oxygens (including phenoxy) is 13. The Morgan fingerprint density at radius 2 is 0.632 bits per heavy atom. The molecule has 0 radical (unpaired) electrons. The van der Waals surface area contributed by atoms with Gasteiger partial charge >= 0.3 is 0 Å². The lowest BCUT2D eigenvalue weighted by Crippen LogP contribution is -2.70. The van der Waals surface area contributed by atoms with Crippen LogP contribution in [-0.4, -0.2) is 381 Å². The van der Waals surface area contributed by atoms with Crippen LogP contribution in [0.4, 0.5) is 0 Å². The van der Waals surface area contributed by atoms with Gasteiger partial charge in [0.05, 0.1) is 46.2 Å². The molecule has 23 N–H and O–H groups in total. The van der Waals surface area contributed by atoms with Crippen molar-refractivity contribution >= 4 is 17.7 Å². The van der Waals surface area contributed by atoms with Crippen molar-refractivity contribution in [1.82, 2.24) is 16.0 Å². The summed E-state index contributed by atoms with van der Waals surface area (Å²) in [5.41, 5.74) is 0. The molecule has 39 nitrogen and oxygen atoms in total. The van der Waals surface area contributed by atoms with E-state index >= 15 is 0 Å². The van der Waals surface area contributed by atoms with Crippen molar-refractivity contribution in [2.24, 2.45) is 0 Å². The number of aliphatic hydroxyl groups is 20. The van der Waals surface area contributed by atoms with E-state index in [0.717, 1.165) is 20.8 Å². The first kappa shape index (κ1) is 71.5. The fourth-order valence-corrected chi connectivity index (χ4v) is 11.0. The SMILES string of the molecule is CC(=O)N[C@H]1[C@H](O[C@@H]2[C@@H](O[C@@H]3[C@H](O)[C@H](O)O[C@H](CO[C@H]4O[C@H](CO[C@@H]5O[C@H](CO)[C@@H](O)[C@H](O)[C@H]5NC(C)=O)[C@@H](O)[C@H](O)[C@@H]4O[C@@H]4O[C@H](CO)[C@@H](O)[C@H](O)[C@H]4NC(C)=O)[C@H]3O)O[C@H](CO)[C@@H](O)[C@@H]2O)O[C@H](CO)[C@@H](O[C@@H]2O[C@H](CO)[C@H](O)[C@H](O)[C@H]2O)[C@@H]1O. The average Bonchev–Trinajstić information content (AvgIpc) is 3.22. The van der Waals surface area contributed by atoms with Crippen molar-refractivity contribution in [3.8, 4) is 0 Å². The normalized spacial score (nSPS) is 48.9. The molecule has 3 amide bonds. The molecule has 0 bridgehead atoms. The molecule has 39 heteroatoms. The smallest absolute Gasteiger partial charge is 0.217 e. The third-order valence-corrected chi connectivity index (χ3v) is 15.7. The lowest BCUT2D eigenvalue weighted by molar-refractivity contribution is -0.390. The van der Waals surface area contributed by atoms with Crippen LogP contribution in [-0.2, 0) is 76.0 Å². The number of carbonyl (C=O) groups is 3. The molecule has 87 heavy (non-hydrogen) atoms. The second kappa shape index (κ2) is 31.1. The zero-order valence-corrected chi connectivity index (χ0v) is 46.6. The summed E-state index contributed by atoms with van der Waals surface area (Å²) >= 11 is 0. The van der Waals surface area contributed by atoms with E-state index in [1.54, 1.807) is 0 Å². The summed E-state index contributed by atoms with van der Waals surface area (Å²) < 4.78 is 75.2. The number of nitrogens with one attached hydrogen (secondary N) is 3. The van der Waals surface area contributed by atoms with E-state index in [2.05, 4.69) is 16.0 Å². The van der Waals surface area contributed by atoms with Gasteiger partial charge in [0.1, 0.15) is 171 Å². The van der Waals surface area contributed by atoms with Crippen LogP contribution in [0.1, 0.15) is 20.8 Å². The van der Waals surface area contributed by atoms with Gasteiger partial charge in [-0.3, -0.25) is 14.4 Å². The zero-order chi connectivity index (χ0) is 64.2. The summed E-state index contributed by atoms with van der Waals surface area (Å²) in [6, 6.07) is -5.02. The lowest BCUT2D eigenvalue weighted by Gasteiger charge is -2.50. The molecule has 0 unspecified atom stereocenters. The molecular weight excluding hydrogens is 1190 g/mol. The van der Waals surface area contributed by atoms with Crippen molar-refractivity contribution < 1.29 is 178 Å². The van der Waals surface area contributed by atoms with Gasteiger partial charge in [0.15, 0.2) is 44.0 Å². The number of carbonyl (C=O) groups excluding carboxylic acids is 3. The van der Waals surface area contributed by atoms with E-state index in [9.17, 15) is 117 Å². The quantitative estimate of drug-likeness (QED) is 0.0479. The predicted molar refractivity (Wildman–Crippen MR) is 267 cm³/mol. The molecule has 7 aliphatic heterocycles. The van der Waals surface area contributed by atoms with E-state index in [1.165, 1.54) is 0 Å². The third-order valence-electron chi connectivity index (χ3n) is 15.7. The fourth-order valence-electron chi connectivity index (χ4n) is 11.0. The van der Waals surface area contributed by atoms with Gasteiger partial charge in [-0.2, -0.15) is 0 Å². The first-order valence-corrected chi connectivity index (χ1v) is 27.6. The highest BCUT2D eigenvalue weighted by Gasteiger charge is 2.58. The largest absolute Gasteiger partial charge is 0.394 e. The predicted octanol–water partition coefficient (Wildman–Crippen LogP) is -15.8. The Balaban J connectivity index is 1.13. The number of hydrogen-bond acceptors (Lipinski definition) is 36. The van der Waals surface area contributed by atoms with Crippen LogP contribution in [0.25, 0.3) is 0 Å². The van der Waals surface area contributed by atoms with E-state index in [1.807, 2.05) is 0 Å². The first-order chi connectivity index (χ1) is 41.1. The van der Waals surface area contributed by atoms with Crippen LogP contribution in [0.5, 0.6) is 0 Å². The van der Waals surface area contributed by atoms with E-state index < -0.39 is 279 Å². The molecule has 7 heterocycles. The Bertz CT molecular complexity index is 2190. The molecule has 0 aromatic carbocycles. The maximum absolute atomic E-state index is 12.6. The molecule has 35 atom stereocenters. The van der Waals surface area contributed by atoms with Gasteiger partial charge in [-0.15, -0.1) is 0 Å². The van der Waals surface area contributed by atoms with E-state index in [0.29, 0.717) is 0 Å². The van der Waals surface area contributed by atoms with Gasteiger partial charge in [0.2, 0.25) is 17.7 Å². The molecule has 504 valence electrons. The highest BCUT2D eigenvalue weighted by Crippen LogP contribution is 2.37. The van der Waals surface area contributed by atoms with Crippen molar-refractivity contribution in [3.05, 3.63) is 0 Å². The van der Waals surface area contributed by atoms with Crippen LogP contribution in [0, 0.1) is 0 Å². The highest BCUT2D eigenvalue weighted by molar-refractivity contribution is 5.74. The van der Waals surface area contributed by atoms with Crippen molar-refractivity contribution in [2.75, 3.05) is 46.2 Å². The Morgan fingerprint density at radius 1 is 0.299 bits per heavy atom. The van der Waals surface area contributed by atoms with Gasteiger partial charge in [0, 0.05) is 20.8 Å². The minimum Gasteiger partial charge on any atom is -0.394 e. The Morgan fingerprint density at radius 3 is 1.11 bits per heavy atom. The first-order valence-electron chi connectivity index (χ1n) is 27.6. The third kappa shape index (κ3) is 15.9. The fraction of sp³-hybridized carbons (Fsp3) is 0.938. The second-order valence-corrected chi connectivity index (χ2v) is 21.9. The summed E-state index contributed by atoms with van der Waals surface area (Å²) in [5, 5.41) is 224. The van der Waals surface area contributed by atoms with Crippen molar-refractivity contribution in [3.63, 3.8) is 0 Å². The Labute approximate surface area is 492 Å². The molecular formula is C48H81N3O36. The minimum atomic E-state index is -2.35. The average molecular weight is 1280 g/mol. The molecule has 0 saturated carbocycles. The molecule has 7 rings (SSSR count). The Kier molecular flexibility index (Phi) is 25.6. The minimum absolute atomic E-state index is 0.736. The number of rotatable bonds is 22. The molecule has 0 spiro atoms. The Hall–Kier alpha value is -2.91. The number of amides is 3. The molecule has 0 aliphatic carbocycles. The summed E-state index contributed by atoms with van der Waals surface area (Å²) in [7, 11) is 0. The van der Waals surface area contributed by atoms with Crippen LogP contribution in [0.2, 0.25) is 0 Å². The maximum Gasteiger partial charge on any atom is 0.217 e. The second-order valence-electron chi connectivity index (χ2n) is 21.9. The summed E-state index contributed by atoms with van der Waals surface area (Å²) in [4.78, 5) is 37.0. The van der Waals surface area contributed by atoms with E-state index in [4.69, 9.17) is 61.6 Å². The summed E-state index contributed by atoms with van der Waals surface area (Å²) in [5.74, 6) is -2.42. The van der Waals surface area contributed by atoms with Gasteiger partial charge in [-0.25, -0.2) is 0 Å². The molecule has 0 aromatic rings. The molecule has 7 saturated heterocycles. The molecule has 0 aromatic heterocycles. The van der Waals surface area contributed by atoms with Gasteiger partial charge in [-0.1, -0.05) is 0 Å². The van der Waals surface area contributed by atoms with Gasteiger partial charge in [0.25, 0.3) is 0 Å². The summed E-state index contributed by atoms with van der Waals surface area (Å²) in [6.07, 6.45) is -62.5. The molecule has 7 aliphatic rings.